The van der Waals surface area contributed by atoms with Crippen molar-refractivity contribution in [1.82, 2.24) is 9.88 Å². The molecule has 1 aromatic heterocycles. The Hall–Kier alpha value is -1.70. The van der Waals surface area contributed by atoms with Crippen LogP contribution in [0.5, 0.6) is 0 Å². The van der Waals surface area contributed by atoms with E-state index in [1.807, 2.05) is 6.92 Å². The number of hydrogen-bond donors (Lipinski definition) is 2. The van der Waals surface area contributed by atoms with E-state index in [4.69, 9.17) is 4.52 Å². The Morgan fingerprint density at radius 3 is 2.85 bits per heavy atom. The maximum absolute atomic E-state index is 12.1. The van der Waals surface area contributed by atoms with Crippen molar-refractivity contribution in [3.8, 4) is 0 Å². The summed E-state index contributed by atoms with van der Waals surface area (Å²) in [5.74, 6) is 0.429. The van der Waals surface area contributed by atoms with Crippen LogP contribution in [0.1, 0.15) is 30.8 Å². The normalized spacial score (nSPS) is 13.3. The molecule has 0 saturated carbocycles. The van der Waals surface area contributed by atoms with E-state index in [9.17, 15) is 13.5 Å². The van der Waals surface area contributed by atoms with Crippen molar-refractivity contribution in [1.29, 1.82) is 0 Å². The first-order valence-electron chi connectivity index (χ1n) is 6.20. The molecule has 20 heavy (non-hydrogen) atoms. The molecule has 1 heterocycles. The highest BCUT2D eigenvalue weighted by molar-refractivity contribution is 7.89. The Bertz CT molecular complexity index is 653. The summed E-state index contributed by atoms with van der Waals surface area (Å²) in [5, 5.41) is 13.3. The first kappa shape index (κ1) is 14.7. The minimum atomic E-state index is -3.65. The lowest BCUT2D eigenvalue weighted by molar-refractivity contribution is 0.173. The average Bonchev–Trinajstić information content (AvgIpc) is 2.98. The third-order valence-corrected chi connectivity index (χ3v) is 4.27. The van der Waals surface area contributed by atoms with E-state index in [0.717, 1.165) is 0 Å². The maximum atomic E-state index is 12.1. The van der Waals surface area contributed by atoms with Crippen molar-refractivity contribution >= 4 is 10.0 Å². The molecular weight excluding hydrogens is 280 g/mol. The van der Waals surface area contributed by atoms with Gasteiger partial charge < -0.3 is 9.63 Å². The van der Waals surface area contributed by atoms with Gasteiger partial charge >= 0.3 is 0 Å². The fourth-order valence-corrected chi connectivity index (χ4v) is 2.76. The van der Waals surface area contributed by atoms with Crippen LogP contribution in [-0.4, -0.2) is 18.7 Å². The second-order valence-electron chi connectivity index (χ2n) is 4.30. The molecule has 0 aliphatic heterocycles. The molecule has 2 rings (SSSR count). The molecule has 2 aromatic rings. The molecule has 2 N–H and O–H groups in total. The third-order valence-electron chi connectivity index (χ3n) is 2.87. The van der Waals surface area contributed by atoms with E-state index in [0.29, 0.717) is 17.7 Å². The second kappa shape index (κ2) is 6.17. The van der Waals surface area contributed by atoms with E-state index >= 15 is 0 Å². The summed E-state index contributed by atoms with van der Waals surface area (Å²) in [6.07, 6.45) is 1.30. The molecule has 6 nitrogen and oxygen atoms in total. The van der Waals surface area contributed by atoms with Crippen LogP contribution in [0, 0.1) is 0 Å². The fraction of sp³-hybridized carbons (Fsp3) is 0.308. The van der Waals surface area contributed by atoms with Crippen LogP contribution in [0.3, 0.4) is 0 Å². The van der Waals surface area contributed by atoms with Gasteiger partial charge in [-0.3, -0.25) is 0 Å². The first-order valence-corrected chi connectivity index (χ1v) is 7.68. The summed E-state index contributed by atoms with van der Waals surface area (Å²) in [6.45, 7) is 1.86. The van der Waals surface area contributed by atoms with Gasteiger partial charge in [-0.25, -0.2) is 13.1 Å². The Morgan fingerprint density at radius 1 is 1.40 bits per heavy atom. The molecule has 1 atom stereocenters. The van der Waals surface area contributed by atoms with Crippen molar-refractivity contribution in [3.05, 3.63) is 47.9 Å². The molecule has 0 saturated heterocycles. The van der Waals surface area contributed by atoms with Gasteiger partial charge in [-0.1, -0.05) is 24.2 Å². The zero-order valence-electron chi connectivity index (χ0n) is 11.0. The number of benzene rings is 1. The molecule has 1 aromatic carbocycles. The highest BCUT2D eigenvalue weighted by Crippen LogP contribution is 2.19. The van der Waals surface area contributed by atoms with Crippen LogP contribution < -0.4 is 4.72 Å². The highest BCUT2D eigenvalue weighted by atomic mass is 32.2. The monoisotopic (exact) mass is 296 g/mol. The van der Waals surface area contributed by atoms with E-state index in [1.54, 1.807) is 18.2 Å². The number of rotatable bonds is 6. The Balaban J connectivity index is 2.16. The van der Waals surface area contributed by atoms with Crippen molar-refractivity contribution in [2.24, 2.45) is 0 Å². The molecule has 7 heteroatoms. The Labute approximate surface area is 117 Å². The molecular formula is C13H16N2O4S. The van der Waals surface area contributed by atoms with Crippen LogP contribution in [0.15, 0.2) is 45.9 Å². The summed E-state index contributed by atoms with van der Waals surface area (Å²) in [7, 11) is -3.65. The SMILES string of the molecule is CCC(O)c1cccc(S(=O)(=O)NCc2ccno2)c1. The van der Waals surface area contributed by atoms with Gasteiger partial charge in [0, 0.05) is 6.07 Å². The van der Waals surface area contributed by atoms with Crippen molar-refractivity contribution < 1.29 is 18.0 Å². The molecule has 0 aliphatic carbocycles. The number of aliphatic hydroxyl groups is 1. The number of nitrogens with zero attached hydrogens (tertiary/aromatic N) is 1. The standard InChI is InChI=1S/C13H16N2O4S/c1-2-13(16)10-4-3-5-12(8-10)20(17,18)15-9-11-6-7-14-19-11/h3-8,13,15-16H,2,9H2,1H3. The maximum Gasteiger partial charge on any atom is 0.240 e. The number of hydrogen-bond acceptors (Lipinski definition) is 5. The summed E-state index contributed by atoms with van der Waals surface area (Å²) in [5.41, 5.74) is 0.579. The minimum absolute atomic E-state index is 0.0306. The van der Waals surface area contributed by atoms with Gasteiger partial charge in [-0.15, -0.1) is 0 Å². The van der Waals surface area contributed by atoms with E-state index in [-0.39, 0.29) is 11.4 Å². The highest BCUT2D eigenvalue weighted by Gasteiger charge is 2.16. The summed E-state index contributed by atoms with van der Waals surface area (Å²) in [6, 6.07) is 7.84. The van der Waals surface area contributed by atoms with Gasteiger partial charge in [-0.2, -0.15) is 0 Å². The quantitative estimate of drug-likeness (QED) is 0.844. The molecule has 0 radical (unpaired) electrons. The largest absolute Gasteiger partial charge is 0.388 e. The van der Waals surface area contributed by atoms with Gasteiger partial charge in [0.05, 0.1) is 23.7 Å². The number of nitrogens with one attached hydrogen (secondary N) is 1. The summed E-state index contributed by atoms with van der Waals surface area (Å²) < 4.78 is 31.5. The predicted octanol–water partition coefficient (Wildman–Crippen LogP) is 1.60. The Kier molecular flexibility index (Phi) is 4.53. The topological polar surface area (TPSA) is 92.4 Å². The molecule has 0 bridgehead atoms. The van der Waals surface area contributed by atoms with Crippen molar-refractivity contribution in [2.45, 2.75) is 30.9 Å². The molecule has 1 unspecified atom stereocenters. The number of aliphatic hydroxyl groups excluding tert-OH is 1. The fourth-order valence-electron chi connectivity index (χ4n) is 1.71. The summed E-state index contributed by atoms with van der Waals surface area (Å²) >= 11 is 0. The van der Waals surface area contributed by atoms with Crippen LogP contribution >= 0.6 is 0 Å². The average molecular weight is 296 g/mol. The van der Waals surface area contributed by atoms with Gasteiger partial charge in [0.25, 0.3) is 0 Å². The lowest BCUT2D eigenvalue weighted by Crippen LogP contribution is -2.23. The third kappa shape index (κ3) is 3.44. The smallest absolute Gasteiger partial charge is 0.240 e. The van der Waals surface area contributed by atoms with Crippen LogP contribution in [0.25, 0.3) is 0 Å². The second-order valence-corrected chi connectivity index (χ2v) is 6.07. The molecule has 0 fully saturated rings. The van der Waals surface area contributed by atoms with E-state index in [2.05, 4.69) is 9.88 Å². The van der Waals surface area contributed by atoms with Crippen molar-refractivity contribution in [2.75, 3.05) is 0 Å². The molecule has 0 amide bonds. The first-order chi connectivity index (χ1) is 9.53. The zero-order valence-corrected chi connectivity index (χ0v) is 11.8. The Morgan fingerprint density at radius 2 is 2.20 bits per heavy atom. The number of aromatic nitrogens is 1. The van der Waals surface area contributed by atoms with Gasteiger partial charge in [0.1, 0.15) is 0 Å². The van der Waals surface area contributed by atoms with Gasteiger partial charge in [0.15, 0.2) is 5.76 Å². The predicted molar refractivity (Wildman–Crippen MR) is 72.2 cm³/mol. The van der Waals surface area contributed by atoms with E-state index in [1.165, 1.54) is 18.3 Å². The summed E-state index contributed by atoms with van der Waals surface area (Å²) in [4.78, 5) is 0.113. The molecule has 0 spiro atoms. The zero-order chi connectivity index (χ0) is 14.6. The molecule has 108 valence electrons. The van der Waals surface area contributed by atoms with Crippen LogP contribution in [0.4, 0.5) is 0 Å². The van der Waals surface area contributed by atoms with Crippen molar-refractivity contribution in [3.63, 3.8) is 0 Å². The van der Waals surface area contributed by atoms with Gasteiger partial charge in [-0.05, 0) is 24.1 Å². The van der Waals surface area contributed by atoms with Crippen LogP contribution in [0.2, 0.25) is 0 Å². The lowest BCUT2D eigenvalue weighted by Gasteiger charge is -2.10. The van der Waals surface area contributed by atoms with Gasteiger partial charge in [0.2, 0.25) is 10.0 Å². The molecule has 0 aliphatic rings. The minimum Gasteiger partial charge on any atom is -0.388 e. The van der Waals surface area contributed by atoms with Crippen LogP contribution in [-0.2, 0) is 16.6 Å². The van der Waals surface area contributed by atoms with E-state index < -0.39 is 16.1 Å². The number of sulfonamides is 1. The lowest BCUT2D eigenvalue weighted by atomic mass is 10.1.